The van der Waals surface area contributed by atoms with Gasteiger partial charge in [0.25, 0.3) is 5.91 Å². The summed E-state index contributed by atoms with van der Waals surface area (Å²) in [6.45, 7) is 0.837. The van der Waals surface area contributed by atoms with Gasteiger partial charge in [-0.25, -0.2) is 13.2 Å². The molecule has 8 nitrogen and oxygen atoms in total. The number of rotatable bonds is 14. The predicted molar refractivity (Wildman–Crippen MR) is 181 cm³/mol. The average Bonchev–Trinajstić information content (AvgIpc) is 3.97. The van der Waals surface area contributed by atoms with Gasteiger partial charge in [-0.1, -0.05) is 42.5 Å². The third-order valence-electron chi connectivity index (χ3n) is 9.69. The molecular formula is C39H41F4N3O5. The first-order chi connectivity index (χ1) is 24.6. The molecule has 2 aliphatic heterocycles. The minimum absolute atomic E-state index is 0.0119. The molecule has 51 heavy (non-hydrogen) atoms. The van der Waals surface area contributed by atoms with Crippen LogP contribution >= 0.6 is 0 Å². The van der Waals surface area contributed by atoms with Crippen molar-refractivity contribution in [3.8, 4) is 5.75 Å². The summed E-state index contributed by atoms with van der Waals surface area (Å²) in [6.07, 6.45) is 3.79. The smallest absolute Gasteiger partial charge is 0.305 e. The van der Waals surface area contributed by atoms with Gasteiger partial charge in [0.05, 0.1) is 19.8 Å². The lowest BCUT2D eigenvalue weighted by atomic mass is 9.82. The molecule has 270 valence electrons. The lowest BCUT2D eigenvalue weighted by molar-refractivity contribution is -0.141. The number of carbonyl (C=O) groups is 3. The fourth-order valence-electron chi connectivity index (χ4n) is 6.90. The van der Waals surface area contributed by atoms with E-state index in [1.165, 1.54) is 13.2 Å². The summed E-state index contributed by atoms with van der Waals surface area (Å²) in [5, 5.41) is 3.57. The van der Waals surface area contributed by atoms with Crippen LogP contribution in [0.4, 0.5) is 17.6 Å². The van der Waals surface area contributed by atoms with Gasteiger partial charge in [-0.15, -0.1) is 0 Å². The Labute approximate surface area is 294 Å². The Hall–Kier alpha value is -4.71. The summed E-state index contributed by atoms with van der Waals surface area (Å²) < 4.78 is 66.1. The van der Waals surface area contributed by atoms with E-state index in [9.17, 15) is 31.9 Å². The van der Waals surface area contributed by atoms with Gasteiger partial charge in [-0.05, 0) is 73.4 Å². The summed E-state index contributed by atoms with van der Waals surface area (Å²) in [7, 11) is 1.31. The molecule has 0 aromatic heterocycles. The van der Waals surface area contributed by atoms with Crippen LogP contribution in [0.5, 0.6) is 5.75 Å². The highest BCUT2D eigenvalue weighted by Crippen LogP contribution is 2.38. The second-order valence-electron chi connectivity index (χ2n) is 13.3. The molecule has 12 heteroatoms. The molecule has 1 aliphatic carbocycles. The Balaban J connectivity index is 1.22. The highest BCUT2D eigenvalue weighted by atomic mass is 19.2. The van der Waals surface area contributed by atoms with E-state index in [-0.39, 0.29) is 68.2 Å². The minimum atomic E-state index is -1.36. The number of carbonyl (C=O) groups excluding carboxylic acids is 3. The maximum absolute atomic E-state index is 14.8. The van der Waals surface area contributed by atoms with Crippen LogP contribution < -0.4 is 10.1 Å². The van der Waals surface area contributed by atoms with Gasteiger partial charge in [0.2, 0.25) is 11.7 Å². The maximum Gasteiger partial charge on any atom is 0.305 e. The van der Waals surface area contributed by atoms with Crippen LogP contribution in [0.2, 0.25) is 0 Å². The molecule has 2 fully saturated rings. The van der Waals surface area contributed by atoms with Crippen molar-refractivity contribution < 1.29 is 41.4 Å². The number of methoxy groups -OCH3 is 1. The van der Waals surface area contributed by atoms with E-state index in [0.717, 1.165) is 35.6 Å². The van der Waals surface area contributed by atoms with Crippen molar-refractivity contribution in [3.63, 3.8) is 0 Å². The number of nitrogens with one attached hydrogen (secondary N) is 1. The van der Waals surface area contributed by atoms with Gasteiger partial charge in [-0.2, -0.15) is 4.39 Å². The Kier molecular flexibility index (Phi) is 11.4. The first-order valence-electron chi connectivity index (χ1n) is 17.4. The molecule has 3 aromatic rings. The summed E-state index contributed by atoms with van der Waals surface area (Å²) in [4.78, 5) is 43.0. The highest BCUT2D eigenvalue weighted by molar-refractivity contribution is 6.03. The van der Waals surface area contributed by atoms with E-state index in [2.05, 4.69) is 5.32 Å². The van der Waals surface area contributed by atoms with Crippen LogP contribution in [0, 0.1) is 23.3 Å². The van der Waals surface area contributed by atoms with Crippen molar-refractivity contribution in [1.29, 1.82) is 0 Å². The molecule has 2 amide bonds. The van der Waals surface area contributed by atoms with Gasteiger partial charge in [-0.3, -0.25) is 14.4 Å². The molecule has 0 radical (unpaired) electrons. The topological polar surface area (TPSA) is 88.2 Å². The normalized spacial score (nSPS) is 18.4. The lowest BCUT2D eigenvalue weighted by Crippen LogP contribution is -2.62. The number of amides is 2. The zero-order chi connectivity index (χ0) is 36.1. The fourth-order valence-corrected chi connectivity index (χ4v) is 6.90. The highest BCUT2D eigenvalue weighted by Gasteiger charge is 2.43. The number of hydrogen-bond acceptors (Lipinski definition) is 6. The van der Waals surface area contributed by atoms with Gasteiger partial charge >= 0.3 is 5.97 Å². The molecule has 2 atom stereocenters. The molecule has 0 spiro atoms. The van der Waals surface area contributed by atoms with Crippen molar-refractivity contribution in [3.05, 3.63) is 106 Å². The second kappa shape index (κ2) is 16.1. The monoisotopic (exact) mass is 707 g/mol. The van der Waals surface area contributed by atoms with Crippen LogP contribution in [0.1, 0.15) is 61.6 Å². The number of aryl methyl sites for hydroxylation is 1. The molecule has 1 saturated heterocycles. The summed E-state index contributed by atoms with van der Waals surface area (Å²) in [6, 6.07) is 15.2. The third kappa shape index (κ3) is 8.61. The first-order valence-corrected chi connectivity index (χ1v) is 17.4. The van der Waals surface area contributed by atoms with E-state index >= 15 is 0 Å². The number of ether oxygens (including phenoxy) is 2. The summed E-state index contributed by atoms with van der Waals surface area (Å²) >= 11 is 0. The van der Waals surface area contributed by atoms with Crippen LogP contribution in [-0.2, 0) is 32.1 Å². The molecule has 3 aliphatic rings. The van der Waals surface area contributed by atoms with E-state index in [1.807, 2.05) is 24.3 Å². The zero-order valence-electron chi connectivity index (χ0n) is 28.4. The van der Waals surface area contributed by atoms with Crippen LogP contribution in [0.15, 0.2) is 66.2 Å². The van der Waals surface area contributed by atoms with E-state index in [4.69, 9.17) is 9.47 Å². The van der Waals surface area contributed by atoms with Gasteiger partial charge < -0.3 is 24.6 Å². The molecule has 2 bridgehead atoms. The van der Waals surface area contributed by atoms with Gasteiger partial charge in [0, 0.05) is 55.7 Å². The molecular weight excluding hydrogens is 666 g/mol. The number of halogens is 4. The molecule has 1 saturated carbocycles. The Morgan fingerprint density at radius 3 is 2.35 bits per heavy atom. The SMILES string of the molecule is COC(=O)CCCC(=O)N1CC2CC(c3ccc(CCCOc4c(F)ccc(F)c4F)cc3)=C(C(=O)N(Cc3ccccc3F)C3CC3)C(C1)N2. The average molecular weight is 708 g/mol. The molecule has 3 aromatic carbocycles. The fraction of sp³-hybridized carbons (Fsp3) is 0.410. The molecule has 2 heterocycles. The van der Waals surface area contributed by atoms with E-state index < -0.39 is 29.2 Å². The van der Waals surface area contributed by atoms with E-state index in [0.29, 0.717) is 49.4 Å². The molecule has 2 unspecified atom stereocenters. The van der Waals surface area contributed by atoms with Crippen LogP contribution in [-0.4, -0.2) is 72.5 Å². The largest absolute Gasteiger partial charge is 0.488 e. The van der Waals surface area contributed by atoms with E-state index in [1.54, 1.807) is 28.0 Å². The first kappa shape index (κ1) is 36.1. The van der Waals surface area contributed by atoms with Crippen LogP contribution in [0.3, 0.4) is 0 Å². The van der Waals surface area contributed by atoms with Crippen molar-refractivity contribution in [2.45, 2.75) is 76.0 Å². The maximum atomic E-state index is 14.8. The number of hydrogen-bond donors (Lipinski definition) is 1. The third-order valence-corrected chi connectivity index (χ3v) is 9.69. The molecule has 6 rings (SSSR count). The minimum Gasteiger partial charge on any atom is -0.488 e. The van der Waals surface area contributed by atoms with Gasteiger partial charge in [0.1, 0.15) is 5.82 Å². The number of benzene rings is 3. The Morgan fingerprint density at radius 1 is 0.882 bits per heavy atom. The van der Waals surface area contributed by atoms with Crippen molar-refractivity contribution in [2.24, 2.45) is 0 Å². The number of fused-ring (bicyclic) bond motifs is 2. The Bertz CT molecular complexity index is 1800. The number of esters is 1. The zero-order valence-corrected chi connectivity index (χ0v) is 28.4. The Morgan fingerprint density at radius 2 is 1.63 bits per heavy atom. The predicted octanol–water partition coefficient (Wildman–Crippen LogP) is 6.12. The number of piperazine rings is 1. The number of nitrogens with zero attached hydrogens (tertiary/aromatic N) is 2. The van der Waals surface area contributed by atoms with Crippen molar-refractivity contribution >= 4 is 23.4 Å². The standard InChI is InChI=1S/C39H41F4N3O5/c1-50-35(48)10-4-9-34(47)45-22-27-20-29(25-13-11-24(12-14-25)6-5-19-51-38-32(42)18-17-31(41)37(38)43)36(33(23-45)44-27)39(49)46(28-15-16-28)21-26-7-2-3-8-30(26)40/h2-3,7-8,11-14,17-18,27-28,33,44H,4-6,9-10,15-16,19-23H2,1H3. The second-order valence-corrected chi connectivity index (χ2v) is 13.3. The van der Waals surface area contributed by atoms with Gasteiger partial charge in [0.15, 0.2) is 17.4 Å². The van der Waals surface area contributed by atoms with Crippen LogP contribution in [0.25, 0.3) is 5.57 Å². The lowest BCUT2D eigenvalue weighted by Gasteiger charge is -2.45. The van der Waals surface area contributed by atoms with Crippen molar-refractivity contribution in [2.75, 3.05) is 26.8 Å². The molecule has 1 N–H and O–H groups in total. The van der Waals surface area contributed by atoms with Crippen molar-refractivity contribution in [1.82, 2.24) is 15.1 Å². The summed E-state index contributed by atoms with van der Waals surface area (Å²) in [5.41, 5.74) is 3.66. The quantitative estimate of drug-likeness (QED) is 0.0942. The summed E-state index contributed by atoms with van der Waals surface area (Å²) in [5.74, 6) is -5.27.